The first kappa shape index (κ1) is 12.2. The molecule has 1 amide bonds. The molecule has 0 aliphatic rings. The summed E-state index contributed by atoms with van der Waals surface area (Å²) in [7, 11) is 1.31. The Labute approximate surface area is 79.3 Å². The Balaban J connectivity index is 4.17. The molecule has 0 radical (unpaired) electrons. The van der Waals surface area contributed by atoms with Gasteiger partial charge in [0.2, 0.25) is 0 Å². The fourth-order valence-corrected chi connectivity index (χ4v) is 1.16. The number of hydrogen-bond donors (Lipinski definition) is 2. The van der Waals surface area contributed by atoms with Crippen LogP contribution in [0.4, 0.5) is 4.79 Å². The van der Waals surface area contributed by atoms with Crippen LogP contribution in [0, 0.1) is 5.92 Å². The third-order valence-electron chi connectivity index (χ3n) is 2.02. The molecule has 2 atom stereocenters. The standard InChI is InChI=1S/C9H19NO3/c1-5-7(11)8(6(2)3)10-9(12)13-4/h6-8,11H,5H2,1-4H3,(H,10,12). The maximum Gasteiger partial charge on any atom is 0.407 e. The molecule has 0 fully saturated rings. The predicted octanol–water partition coefficient (Wildman–Crippen LogP) is 1.14. The van der Waals surface area contributed by atoms with E-state index in [1.165, 1.54) is 7.11 Å². The molecule has 0 saturated heterocycles. The fraction of sp³-hybridized carbons (Fsp3) is 0.889. The molecule has 4 nitrogen and oxygen atoms in total. The first-order valence-corrected chi connectivity index (χ1v) is 4.55. The Morgan fingerprint density at radius 2 is 2.08 bits per heavy atom. The summed E-state index contributed by atoms with van der Waals surface area (Å²) in [6.45, 7) is 5.76. The highest BCUT2D eigenvalue weighted by Crippen LogP contribution is 2.09. The average molecular weight is 189 g/mol. The maximum atomic E-state index is 10.9. The maximum absolute atomic E-state index is 10.9. The highest BCUT2D eigenvalue weighted by atomic mass is 16.5. The largest absolute Gasteiger partial charge is 0.453 e. The number of carbonyl (C=O) groups is 1. The zero-order valence-electron chi connectivity index (χ0n) is 8.70. The van der Waals surface area contributed by atoms with Crippen molar-refractivity contribution in [1.82, 2.24) is 5.32 Å². The van der Waals surface area contributed by atoms with Crippen molar-refractivity contribution in [2.75, 3.05) is 7.11 Å². The van der Waals surface area contributed by atoms with Crippen molar-refractivity contribution in [2.24, 2.45) is 5.92 Å². The van der Waals surface area contributed by atoms with Gasteiger partial charge in [-0.1, -0.05) is 20.8 Å². The minimum Gasteiger partial charge on any atom is -0.453 e. The van der Waals surface area contributed by atoms with E-state index in [1.807, 2.05) is 20.8 Å². The Bertz CT molecular complexity index is 159. The van der Waals surface area contributed by atoms with Crippen molar-refractivity contribution in [3.63, 3.8) is 0 Å². The smallest absolute Gasteiger partial charge is 0.407 e. The lowest BCUT2D eigenvalue weighted by Gasteiger charge is -2.25. The van der Waals surface area contributed by atoms with Gasteiger partial charge < -0.3 is 15.2 Å². The Morgan fingerprint density at radius 1 is 1.54 bits per heavy atom. The molecule has 78 valence electrons. The first-order valence-electron chi connectivity index (χ1n) is 4.55. The van der Waals surface area contributed by atoms with Crippen LogP contribution in [-0.2, 0) is 4.74 Å². The number of ether oxygens (including phenoxy) is 1. The SMILES string of the molecule is CCC(O)C(NC(=O)OC)C(C)C. The highest BCUT2D eigenvalue weighted by molar-refractivity contribution is 5.67. The molecule has 0 bridgehead atoms. The Hall–Kier alpha value is -0.770. The molecule has 0 aliphatic carbocycles. The van der Waals surface area contributed by atoms with Gasteiger partial charge in [-0.15, -0.1) is 0 Å². The molecule has 0 aromatic carbocycles. The third kappa shape index (κ3) is 4.12. The Morgan fingerprint density at radius 3 is 2.38 bits per heavy atom. The van der Waals surface area contributed by atoms with Crippen molar-refractivity contribution in [1.29, 1.82) is 0 Å². The van der Waals surface area contributed by atoms with Gasteiger partial charge in [0, 0.05) is 0 Å². The molecule has 0 spiro atoms. The fourth-order valence-electron chi connectivity index (χ4n) is 1.16. The zero-order chi connectivity index (χ0) is 10.4. The van der Waals surface area contributed by atoms with E-state index in [0.717, 1.165) is 0 Å². The van der Waals surface area contributed by atoms with Crippen LogP contribution >= 0.6 is 0 Å². The molecule has 13 heavy (non-hydrogen) atoms. The molecule has 0 rings (SSSR count). The van der Waals surface area contributed by atoms with E-state index in [2.05, 4.69) is 10.1 Å². The van der Waals surface area contributed by atoms with Crippen LogP contribution in [0.5, 0.6) is 0 Å². The monoisotopic (exact) mass is 189 g/mol. The second-order valence-electron chi connectivity index (χ2n) is 3.38. The summed E-state index contributed by atoms with van der Waals surface area (Å²) in [4.78, 5) is 10.9. The summed E-state index contributed by atoms with van der Waals surface area (Å²) in [6.07, 6.45) is -0.391. The normalized spacial score (nSPS) is 15.2. The van der Waals surface area contributed by atoms with E-state index in [4.69, 9.17) is 0 Å². The second kappa shape index (κ2) is 5.80. The lowest BCUT2D eigenvalue weighted by atomic mass is 9.97. The molecule has 2 unspecified atom stereocenters. The van der Waals surface area contributed by atoms with Gasteiger partial charge in [0.25, 0.3) is 0 Å². The van der Waals surface area contributed by atoms with Gasteiger partial charge in [-0.2, -0.15) is 0 Å². The third-order valence-corrected chi connectivity index (χ3v) is 2.02. The summed E-state index contributed by atoms with van der Waals surface area (Å²) in [5, 5.41) is 12.2. The van der Waals surface area contributed by atoms with E-state index in [-0.39, 0.29) is 12.0 Å². The number of hydrogen-bond acceptors (Lipinski definition) is 3. The average Bonchev–Trinajstić information content (AvgIpc) is 2.11. The van der Waals surface area contributed by atoms with Crippen molar-refractivity contribution in [3.8, 4) is 0 Å². The van der Waals surface area contributed by atoms with E-state index in [1.54, 1.807) is 0 Å². The van der Waals surface area contributed by atoms with Gasteiger partial charge in [0.1, 0.15) is 0 Å². The lowest BCUT2D eigenvalue weighted by molar-refractivity contribution is 0.0923. The number of methoxy groups -OCH3 is 1. The molecule has 0 saturated carbocycles. The van der Waals surface area contributed by atoms with Crippen LogP contribution in [0.2, 0.25) is 0 Å². The van der Waals surface area contributed by atoms with E-state index in [0.29, 0.717) is 6.42 Å². The minimum atomic E-state index is -0.515. The van der Waals surface area contributed by atoms with Gasteiger partial charge in [0.05, 0.1) is 19.3 Å². The molecule has 0 aliphatic heterocycles. The van der Waals surface area contributed by atoms with Crippen LogP contribution in [0.15, 0.2) is 0 Å². The van der Waals surface area contributed by atoms with Crippen LogP contribution in [0.3, 0.4) is 0 Å². The van der Waals surface area contributed by atoms with Crippen LogP contribution in [-0.4, -0.2) is 30.5 Å². The van der Waals surface area contributed by atoms with Crippen molar-refractivity contribution in [3.05, 3.63) is 0 Å². The number of rotatable bonds is 4. The molecule has 0 heterocycles. The van der Waals surface area contributed by atoms with E-state index in [9.17, 15) is 9.90 Å². The molecule has 2 N–H and O–H groups in total. The molecular weight excluding hydrogens is 170 g/mol. The first-order chi connectivity index (χ1) is 6.02. The second-order valence-corrected chi connectivity index (χ2v) is 3.38. The highest BCUT2D eigenvalue weighted by Gasteiger charge is 2.23. The van der Waals surface area contributed by atoms with Gasteiger partial charge in [-0.3, -0.25) is 0 Å². The molecular formula is C9H19NO3. The predicted molar refractivity (Wildman–Crippen MR) is 50.5 cm³/mol. The summed E-state index contributed by atoms with van der Waals surface area (Å²) < 4.78 is 4.46. The van der Waals surface area contributed by atoms with Crippen LogP contribution in [0.25, 0.3) is 0 Å². The molecule has 0 aromatic rings. The molecule has 4 heteroatoms. The lowest BCUT2D eigenvalue weighted by Crippen LogP contribution is -2.46. The van der Waals surface area contributed by atoms with E-state index < -0.39 is 12.2 Å². The van der Waals surface area contributed by atoms with Crippen molar-refractivity contribution in [2.45, 2.75) is 39.3 Å². The van der Waals surface area contributed by atoms with Crippen molar-refractivity contribution >= 4 is 6.09 Å². The summed E-state index contributed by atoms with van der Waals surface area (Å²) in [5.41, 5.74) is 0. The Kier molecular flexibility index (Phi) is 5.46. The molecule has 0 aromatic heterocycles. The quantitative estimate of drug-likeness (QED) is 0.697. The number of aliphatic hydroxyl groups is 1. The van der Waals surface area contributed by atoms with Gasteiger partial charge in [-0.05, 0) is 12.3 Å². The van der Waals surface area contributed by atoms with Gasteiger partial charge >= 0.3 is 6.09 Å². The number of aliphatic hydroxyl groups excluding tert-OH is 1. The van der Waals surface area contributed by atoms with Crippen LogP contribution in [0.1, 0.15) is 27.2 Å². The minimum absolute atomic E-state index is 0.189. The number of carbonyl (C=O) groups excluding carboxylic acids is 1. The van der Waals surface area contributed by atoms with Gasteiger partial charge in [-0.25, -0.2) is 4.79 Å². The van der Waals surface area contributed by atoms with Crippen molar-refractivity contribution < 1.29 is 14.6 Å². The van der Waals surface area contributed by atoms with Crippen LogP contribution < -0.4 is 5.32 Å². The summed E-state index contributed by atoms with van der Waals surface area (Å²) in [5.74, 6) is 0.189. The van der Waals surface area contributed by atoms with Gasteiger partial charge in [0.15, 0.2) is 0 Å². The number of nitrogens with one attached hydrogen (secondary N) is 1. The number of amides is 1. The van der Waals surface area contributed by atoms with E-state index >= 15 is 0 Å². The summed E-state index contributed by atoms with van der Waals surface area (Å²) in [6, 6.07) is -0.238. The summed E-state index contributed by atoms with van der Waals surface area (Å²) >= 11 is 0. The zero-order valence-corrected chi connectivity index (χ0v) is 8.70. The topological polar surface area (TPSA) is 58.6 Å². The number of alkyl carbamates (subject to hydrolysis) is 1.